The standard InChI is InChI=1S/C10H17N3O3/c14-9(15)6-11-10(16)12-7-3-5-13-4-1-2-8(7)13/h7-8H,1-6H2,(H,14,15)(H2,11,12,16). The molecular weight excluding hydrogens is 210 g/mol. The van der Waals surface area contributed by atoms with Crippen molar-refractivity contribution in [1.82, 2.24) is 15.5 Å². The van der Waals surface area contributed by atoms with E-state index in [0.717, 1.165) is 25.9 Å². The maximum absolute atomic E-state index is 11.4. The van der Waals surface area contributed by atoms with Crippen LogP contribution in [0.2, 0.25) is 0 Å². The van der Waals surface area contributed by atoms with Crippen molar-refractivity contribution in [2.45, 2.75) is 31.3 Å². The molecule has 0 aromatic carbocycles. The molecule has 0 aromatic heterocycles. The predicted octanol–water partition coefficient (Wildman–Crippen LogP) is -0.393. The lowest BCUT2D eigenvalue weighted by molar-refractivity contribution is -0.135. The Labute approximate surface area is 94.0 Å². The van der Waals surface area contributed by atoms with E-state index in [-0.39, 0.29) is 18.6 Å². The molecule has 0 aliphatic carbocycles. The van der Waals surface area contributed by atoms with Crippen LogP contribution in [-0.4, -0.2) is 53.7 Å². The van der Waals surface area contributed by atoms with Gasteiger partial charge in [-0.2, -0.15) is 0 Å². The molecule has 2 amide bonds. The van der Waals surface area contributed by atoms with Gasteiger partial charge < -0.3 is 15.7 Å². The van der Waals surface area contributed by atoms with Gasteiger partial charge in [-0.25, -0.2) is 4.79 Å². The van der Waals surface area contributed by atoms with E-state index in [0.29, 0.717) is 6.04 Å². The molecule has 90 valence electrons. The van der Waals surface area contributed by atoms with Crippen LogP contribution in [0.15, 0.2) is 0 Å². The highest BCUT2D eigenvalue weighted by molar-refractivity contribution is 5.80. The number of fused-ring (bicyclic) bond motifs is 1. The fourth-order valence-electron chi connectivity index (χ4n) is 2.63. The van der Waals surface area contributed by atoms with Gasteiger partial charge in [0.25, 0.3) is 0 Å². The number of urea groups is 1. The summed E-state index contributed by atoms with van der Waals surface area (Å²) < 4.78 is 0. The second-order valence-electron chi connectivity index (χ2n) is 4.36. The van der Waals surface area contributed by atoms with Gasteiger partial charge in [0.1, 0.15) is 6.54 Å². The molecule has 0 spiro atoms. The third-order valence-corrected chi connectivity index (χ3v) is 3.32. The second-order valence-corrected chi connectivity index (χ2v) is 4.36. The summed E-state index contributed by atoms with van der Waals surface area (Å²) in [7, 11) is 0. The zero-order chi connectivity index (χ0) is 11.5. The lowest BCUT2D eigenvalue weighted by Gasteiger charge is -2.21. The van der Waals surface area contributed by atoms with E-state index >= 15 is 0 Å². The number of hydrogen-bond acceptors (Lipinski definition) is 3. The summed E-state index contributed by atoms with van der Waals surface area (Å²) in [5.41, 5.74) is 0. The summed E-state index contributed by atoms with van der Waals surface area (Å²) >= 11 is 0. The van der Waals surface area contributed by atoms with Crippen molar-refractivity contribution in [3.8, 4) is 0 Å². The van der Waals surface area contributed by atoms with Crippen LogP contribution < -0.4 is 10.6 Å². The lowest BCUT2D eigenvalue weighted by Crippen LogP contribution is -2.47. The topological polar surface area (TPSA) is 81.7 Å². The molecule has 6 nitrogen and oxygen atoms in total. The first-order valence-corrected chi connectivity index (χ1v) is 5.67. The third-order valence-electron chi connectivity index (χ3n) is 3.32. The van der Waals surface area contributed by atoms with Crippen molar-refractivity contribution in [3.63, 3.8) is 0 Å². The van der Waals surface area contributed by atoms with Crippen molar-refractivity contribution in [3.05, 3.63) is 0 Å². The summed E-state index contributed by atoms with van der Waals surface area (Å²) in [5, 5.41) is 13.6. The van der Waals surface area contributed by atoms with Gasteiger partial charge in [0.05, 0.1) is 0 Å². The Bertz CT molecular complexity index is 295. The zero-order valence-corrected chi connectivity index (χ0v) is 9.11. The first kappa shape index (κ1) is 11.2. The van der Waals surface area contributed by atoms with Gasteiger partial charge in [0.15, 0.2) is 0 Å². The number of aliphatic carboxylic acids is 1. The first-order valence-electron chi connectivity index (χ1n) is 5.67. The van der Waals surface area contributed by atoms with Crippen molar-refractivity contribution < 1.29 is 14.7 Å². The molecule has 2 unspecified atom stereocenters. The van der Waals surface area contributed by atoms with Crippen LogP contribution in [-0.2, 0) is 4.79 Å². The average molecular weight is 227 g/mol. The quantitative estimate of drug-likeness (QED) is 0.613. The van der Waals surface area contributed by atoms with Crippen LogP contribution in [0.3, 0.4) is 0 Å². The number of carbonyl (C=O) groups excluding carboxylic acids is 1. The molecule has 2 aliphatic heterocycles. The van der Waals surface area contributed by atoms with Gasteiger partial charge in [-0.1, -0.05) is 0 Å². The minimum atomic E-state index is -1.02. The summed E-state index contributed by atoms with van der Waals surface area (Å²) in [5.74, 6) is -1.02. The maximum Gasteiger partial charge on any atom is 0.323 e. The van der Waals surface area contributed by atoms with Crippen molar-refractivity contribution >= 4 is 12.0 Å². The molecule has 0 radical (unpaired) electrons. The SMILES string of the molecule is O=C(O)CNC(=O)NC1CCN2CCCC12. The molecule has 0 saturated carbocycles. The van der Waals surface area contributed by atoms with E-state index in [4.69, 9.17) is 5.11 Å². The smallest absolute Gasteiger partial charge is 0.323 e. The van der Waals surface area contributed by atoms with Gasteiger partial charge in [0, 0.05) is 18.6 Å². The average Bonchev–Trinajstić information content (AvgIpc) is 2.80. The minimum absolute atomic E-state index is 0.177. The number of nitrogens with one attached hydrogen (secondary N) is 2. The molecule has 16 heavy (non-hydrogen) atoms. The van der Waals surface area contributed by atoms with E-state index < -0.39 is 5.97 Å². The fourth-order valence-corrected chi connectivity index (χ4v) is 2.63. The largest absolute Gasteiger partial charge is 0.480 e. The Balaban J connectivity index is 1.77. The first-order chi connectivity index (χ1) is 7.66. The normalized spacial score (nSPS) is 28.8. The van der Waals surface area contributed by atoms with Crippen LogP contribution >= 0.6 is 0 Å². The maximum atomic E-state index is 11.4. The monoisotopic (exact) mass is 227 g/mol. The van der Waals surface area contributed by atoms with Crippen LogP contribution in [0.4, 0.5) is 4.79 Å². The second kappa shape index (κ2) is 4.69. The van der Waals surface area contributed by atoms with Gasteiger partial charge in [0.2, 0.25) is 0 Å². The van der Waals surface area contributed by atoms with Gasteiger partial charge in [-0.05, 0) is 25.8 Å². The number of carbonyl (C=O) groups is 2. The molecule has 2 saturated heterocycles. The number of amides is 2. The predicted molar refractivity (Wildman–Crippen MR) is 57.2 cm³/mol. The highest BCUT2D eigenvalue weighted by Gasteiger charge is 2.37. The van der Waals surface area contributed by atoms with E-state index in [1.54, 1.807) is 0 Å². The van der Waals surface area contributed by atoms with Crippen LogP contribution in [0.25, 0.3) is 0 Å². The molecule has 0 bridgehead atoms. The Kier molecular flexibility index (Phi) is 3.28. The zero-order valence-electron chi connectivity index (χ0n) is 9.11. The minimum Gasteiger partial charge on any atom is -0.480 e. The van der Waals surface area contributed by atoms with E-state index in [1.165, 1.54) is 6.42 Å². The lowest BCUT2D eigenvalue weighted by atomic mass is 10.1. The van der Waals surface area contributed by atoms with Gasteiger partial charge in [-0.3, -0.25) is 9.69 Å². The highest BCUT2D eigenvalue weighted by Crippen LogP contribution is 2.27. The number of carboxylic acids is 1. The molecule has 0 aromatic rings. The number of rotatable bonds is 3. The van der Waals surface area contributed by atoms with Crippen LogP contribution in [0, 0.1) is 0 Å². The van der Waals surface area contributed by atoms with Gasteiger partial charge >= 0.3 is 12.0 Å². The van der Waals surface area contributed by atoms with Crippen LogP contribution in [0.5, 0.6) is 0 Å². The molecule has 2 heterocycles. The van der Waals surface area contributed by atoms with Crippen LogP contribution in [0.1, 0.15) is 19.3 Å². The number of nitrogens with zero attached hydrogens (tertiary/aromatic N) is 1. The Morgan fingerprint density at radius 1 is 1.31 bits per heavy atom. The summed E-state index contributed by atoms with van der Waals surface area (Å²) in [6.07, 6.45) is 3.29. The summed E-state index contributed by atoms with van der Waals surface area (Å²) in [6.45, 7) is 1.83. The Morgan fingerprint density at radius 3 is 2.88 bits per heavy atom. The molecule has 2 fully saturated rings. The van der Waals surface area contributed by atoms with E-state index in [9.17, 15) is 9.59 Å². The Hall–Kier alpha value is -1.30. The van der Waals surface area contributed by atoms with E-state index in [1.807, 2.05) is 0 Å². The van der Waals surface area contributed by atoms with Crippen molar-refractivity contribution in [2.75, 3.05) is 19.6 Å². The van der Waals surface area contributed by atoms with Gasteiger partial charge in [-0.15, -0.1) is 0 Å². The summed E-state index contributed by atoms with van der Waals surface area (Å²) in [4.78, 5) is 24.1. The molecule has 2 aliphatic rings. The molecule has 3 N–H and O–H groups in total. The fraction of sp³-hybridized carbons (Fsp3) is 0.800. The van der Waals surface area contributed by atoms with E-state index in [2.05, 4.69) is 15.5 Å². The Morgan fingerprint density at radius 2 is 2.12 bits per heavy atom. The highest BCUT2D eigenvalue weighted by atomic mass is 16.4. The molecule has 2 rings (SSSR count). The van der Waals surface area contributed by atoms with Crippen molar-refractivity contribution in [1.29, 1.82) is 0 Å². The third kappa shape index (κ3) is 2.44. The molecule has 2 atom stereocenters. The molecular formula is C10H17N3O3. The summed E-state index contributed by atoms with van der Waals surface area (Å²) in [6, 6.07) is 0.257. The van der Waals surface area contributed by atoms with Crippen molar-refractivity contribution in [2.24, 2.45) is 0 Å². The number of carboxylic acid groups (broad SMARTS) is 1. The molecule has 6 heteroatoms. The number of hydrogen-bond donors (Lipinski definition) is 3.